The first-order valence-corrected chi connectivity index (χ1v) is 7.80. The molecule has 2 aromatic rings. The van der Waals surface area contributed by atoms with Crippen molar-refractivity contribution < 1.29 is 0 Å². The third-order valence-corrected chi connectivity index (χ3v) is 4.62. The Hall–Kier alpha value is -1.55. The van der Waals surface area contributed by atoms with E-state index in [1.54, 1.807) is 0 Å². The lowest BCUT2D eigenvalue weighted by Crippen LogP contribution is -2.24. The molecule has 0 radical (unpaired) electrons. The van der Waals surface area contributed by atoms with E-state index in [4.69, 9.17) is 10.7 Å². The molecule has 1 aromatic heterocycles. The number of nitrogens with two attached hydrogens (primary N) is 1. The molecule has 0 atom stereocenters. The van der Waals surface area contributed by atoms with Gasteiger partial charge in [-0.25, -0.2) is 4.98 Å². The lowest BCUT2D eigenvalue weighted by molar-refractivity contribution is 0.322. The van der Waals surface area contributed by atoms with E-state index in [2.05, 4.69) is 15.5 Å². The average molecular weight is 270 g/mol. The molecule has 2 N–H and O–H groups in total. The predicted octanol–water partition coefficient (Wildman–Crippen LogP) is 2.59. The molecule has 2 fully saturated rings. The van der Waals surface area contributed by atoms with Gasteiger partial charge in [0.2, 0.25) is 0 Å². The number of likely N-dealkylation sites (tertiary alicyclic amines) is 1. The van der Waals surface area contributed by atoms with Crippen molar-refractivity contribution in [2.24, 2.45) is 0 Å². The summed E-state index contributed by atoms with van der Waals surface area (Å²) in [4.78, 5) is 7.40. The summed E-state index contributed by atoms with van der Waals surface area (Å²) in [5, 5.41) is 0. The highest BCUT2D eigenvalue weighted by Crippen LogP contribution is 2.41. The first-order chi connectivity index (χ1) is 9.83. The van der Waals surface area contributed by atoms with Gasteiger partial charge in [0.1, 0.15) is 11.3 Å². The Labute approximate surface area is 119 Å². The van der Waals surface area contributed by atoms with Crippen LogP contribution in [0.5, 0.6) is 0 Å². The third-order valence-electron chi connectivity index (χ3n) is 4.62. The number of para-hydroxylation sites is 1. The second kappa shape index (κ2) is 4.77. The molecule has 106 valence electrons. The highest BCUT2D eigenvalue weighted by atomic mass is 15.2. The molecule has 2 heterocycles. The van der Waals surface area contributed by atoms with Crippen molar-refractivity contribution in [1.29, 1.82) is 0 Å². The summed E-state index contributed by atoms with van der Waals surface area (Å²) in [6.07, 6.45) is 5.28. The number of aromatic nitrogens is 2. The van der Waals surface area contributed by atoms with Crippen molar-refractivity contribution in [3.05, 3.63) is 24.0 Å². The number of nitrogen functional groups attached to an aromatic ring is 1. The zero-order valence-corrected chi connectivity index (χ0v) is 11.9. The molecule has 1 saturated heterocycles. The molecule has 1 aliphatic heterocycles. The molecule has 4 rings (SSSR count). The summed E-state index contributed by atoms with van der Waals surface area (Å²) in [5.74, 6) is 1.93. The number of hydrogen-bond donors (Lipinski definition) is 1. The number of nitrogens with zero attached hydrogens (tertiary/aromatic N) is 3. The molecule has 4 heteroatoms. The van der Waals surface area contributed by atoms with Crippen LogP contribution in [0.15, 0.2) is 18.2 Å². The van der Waals surface area contributed by atoms with Gasteiger partial charge in [0.05, 0.1) is 11.2 Å². The van der Waals surface area contributed by atoms with E-state index in [1.807, 2.05) is 12.1 Å². The molecule has 1 aliphatic carbocycles. The maximum absolute atomic E-state index is 6.09. The monoisotopic (exact) mass is 270 g/mol. The predicted molar refractivity (Wildman–Crippen MR) is 81.8 cm³/mol. The van der Waals surface area contributed by atoms with Gasteiger partial charge in [-0.05, 0) is 50.9 Å². The number of imidazole rings is 1. The van der Waals surface area contributed by atoms with Crippen LogP contribution in [0.3, 0.4) is 0 Å². The Kier molecular flexibility index (Phi) is 2.91. The van der Waals surface area contributed by atoms with E-state index in [0.717, 1.165) is 24.3 Å². The molecule has 20 heavy (non-hydrogen) atoms. The minimum atomic E-state index is 0.667. The Morgan fingerprint density at radius 2 is 1.95 bits per heavy atom. The average Bonchev–Trinajstić information content (AvgIpc) is 3.02. The van der Waals surface area contributed by atoms with Crippen LogP contribution in [0.25, 0.3) is 11.0 Å². The third kappa shape index (κ3) is 2.08. The zero-order chi connectivity index (χ0) is 13.5. The number of rotatable bonds is 4. The molecule has 0 amide bonds. The number of benzene rings is 1. The van der Waals surface area contributed by atoms with E-state index < -0.39 is 0 Å². The fourth-order valence-corrected chi connectivity index (χ4v) is 3.32. The fourth-order valence-electron chi connectivity index (χ4n) is 3.32. The summed E-state index contributed by atoms with van der Waals surface area (Å²) in [6, 6.07) is 6.16. The second-order valence-corrected chi connectivity index (χ2v) is 6.16. The van der Waals surface area contributed by atoms with Gasteiger partial charge in [0.15, 0.2) is 0 Å². The van der Waals surface area contributed by atoms with Gasteiger partial charge in [0, 0.05) is 19.0 Å². The van der Waals surface area contributed by atoms with E-state index in [9.17, 15) is 0 Å². The van der Waals surface area contributed by atoms with Crippen LogP contribution >= 0.6 is 0 Å². The molecule has 1 aromatic carbocycles. The van der Waals surface area contributed by atoms with Gasteiger partial charge in [0.25, 0.3) is 0 Å². The summed E-state index contributed by atoms with van der Waals surface area (Å²) in [7, 11) is 0. The Morgan fingerprint density at radius 3 is 2.70 bits per heavy atom. The van der Waals surface area contributed by atoms with Gasteiger partial charge in [-0.1, -0.05) is 6.07 Å². The summed E-state index contributed by atoms with van der Waals surface area (Å²) >= 11 is 0. The summed E-state index contributed by atoms with van der Waals surface area (Å²) < 4.78 is 2.42. The molecule has 1 saturated carbocycles. The van der Waals surface area contributed by atoms with Crippen LogP contribution in [-0.2, 0) is 6.54 Å². The first-order valence-electron chi connectivity index (χ1n) is 7.80. The smallest absolute Gasteiger partial charge is 0.113 e. The molecule has 2 aliphatic rings. The van der Waals surface area contributed by atoms with Gasteiger partial charge in [-0.15, -0.1) is 0 Å². The molecule has 0 unspecified atom stereocenters. The normalized spacial score (nSPS) is 20.0. The van der Waals surface area contributed by atoms with Crippen LogP contribution in [0, 0.1) is 0 Å². The number of anilines is 1. The largest absolute Gasteiger partial charge is 0.397 e. The fraction of sp³-hybridized carbons (Fsp3) is 0.562. The van der Waals surface area contributed by atoms with E-state index in [-0.39, 0.29) is 0 Å². The van der Waals surface area contributed by atoms with Crippen molar-refractivity contribution >= 4 is 16.7 Å². The van der Waals surface area contributed by atoms with Crippen molar-refractivity contribution in [3.8, 4) is 0 Å². The minimum Gasteiger partial charge on any atom is -0.397 e. The van der Waals surface area contributed by atoms with Gasteiger partial charge < -0.3 is 15.2 Å². The second-order valence-electron chi connectivity index (χ2n) is 6.16. The van der Waals surface area contributed by atoms with Crippen molar-refractivity contribution in [1.82, 2.24) is 14.5 Å². The molecule has 0 spiro atoms. The maximum Gasteiger partial charge on any atom is 0.113 e. The van der Waals surface area contributed by atoms with Crippen molar-refractivity contribution in [3.63, 3.8) is 0 Å². The van der Waals surface area contributed by atoms with Crippen LogP contribution in [0.4, 0.5) is 5.69 Å². The van der Waals surface area contributed by atoms with Crippen molar-refractivity contribution in [2.75, 3.05) is 25.4 Å². The zero-order valence-electron chi connectivity index (χ0n) is 11.9. The molecule has 0 bridgehead atoms. The quantitative estimate of drug-likeness (QED) is 0.869. The van der Waals surface area contributed by atoms with Crippen LogP contribution in [0.2, 0.25) is 0 Å². The van der Waals surface area contributed by atoms with Gasteiger partial charge in [-0.3, -0.25) is 0 Å². The van der Waals surface area contributed by atoms with Crippen molar-refractivity contribution in [2.45, 2.75) is 38.1 Å². The molecule has 4 nitrogen and oxygen atoms in total. The molecular formula is C16H22N4. The Morgan fingerprint density at radius 1 is 1.15 bits per heavy atom. The lowest BCUT2D eigenvalue weighted by atomic mass is 10.2. The minimum absolute atomic E-state index is 0.667. The topological polar surface area (TPSA) is 47.1 Å². The van der Waals surface area contributed by atoms with E-state index >= 15 is 0 Å². The van der Waals surface area contributed by atoms with Gasteiger partial charge >= 0.3 is 0 Å². The lowest BCUT2D eigenvalue weighted by Gasteiger charge is -2.16. The first kappa shape index (κ1) is 12.2. The summed E-state index contributed by atoms with van der Waals surface area (Å²) in [5.41, 5.74) is 9.11. The van der Waals surface area contributed by atoms with Crippen LogP contribution in [0.1, 0.15) is 37.4 Å². The highest BCUT2D eigenvalue weighted by molar-refractivity contribution is 5.87. The van der Waals surface area contributed by atoms with Crippen LogP contribution < -0.4 is 5.73 Å². The van der Waals surface area contributed by atoms with Crippen LogP contribution in [-0.4, -0.2) is 34.1 Å². The number of fused-ring (bicyclic) bond motifs is 1. The molecular weight excluding hydrogens is 248 g/mol. The Bertz CT molecular complexity index is 621. The standard InChI is InChI=1S/C16H22N4/c17-13-4-3-5-14-15(13)18-16(12-6-7-12)20(14)11-10-19-8-1-2-9-19/h3-5,12H,1-2,6-11,17H2. The maximum atomic E-state index is 6.09. The van der Waals surface area contributed by atoms with Gasteiger partial charge in [-0.2, -0.15) is 0 Å². The number of hydrogen-bond acceptors (Lipinski definition) is 3. The van der Waals surface area contributed by atoms with E-state index in [0.29, 0.717) is 5.92 Å². The highest BCUT2D eigenvalue weighted by Gasteiger charge is 2.30. The Balaban J connectivity index is 1.68. The SMILES string of the molecule is Nc1cccc2c1nc(C1CC1)n2CCN1CCCC1. The van der Waals surface area contributed by atoms with E-state index in [1.165, 1.54) is 50.1 Å². The summed E-state index contributed by atoms with van der Waals surface area (Å²) in [6.45, 7) is 4.70.